The number of aromatic nitrogens is 1. The number of hydrogen-bond acceptors (Lipinski definition) is 1. The van der Waals surface area contributed by atoms with Gasteiger partial charge in [-0.2, -0.15) is 0 Å². The number of nitrogens with zero attached hydrogens (tertiary/aromatic N) is 1. The van der Waals surface area contributed by atoms with Gasteiger partial charge in [0.15, 0.2) is 0 Å². The minimum atomic E-state index is -0.138. The summed E-state index contributed by atoms with van der Waals surface area (Å²) >= 11 is 0. The number of amides is 1. The summed E-state index contributed by atoms with van der Waals surface area (Å²) < 4.78 is 1.76. The van der Waals surface area contributed by atoms with E-state index in [-0.39, 0.29) is 38.6 Å². The van der Waals surface area contributed by atoms with Crippen LogP contribution in [0.3, 0.4) is 0 Å². The molecule has 127 valence electrons. The second-order valence-electron chi connectivity index (χ2n) is 6.54. The fourth-order valence-corrected chi connectivity index (χ4v) is 3.29. The fraction of sp³-hybridized carbons (Fsp3) is 0.238. The van der Waals surface area contributed by atoms with E-state index in [1.807, 2.05) is 37.3 Å². The van der Waals surface area contributed by atoms with Gasteiger partial charge in [-0.1, -0.05) is 45.8 Å². The molecule has 1 N–H and O–H groups in total. The molecule has 0 unspecified atom stereocenters. The molecule has 3 rings (SSSR count). The first-order valence-electron chi connectivity index (χ1n) is 8.12. The molecule has 0 bridgehead atoms. The van der Waals surface area contributed by atoms with E-state index in [2.05, 4.69) is 40.1 Å². The van der Waals surface area contributed by atoms with Gasteiger partial charge < -0.3 is 9.88 Å². The molecule has 1 amide bonds. The Hall–Kier alpha value is -1.58. The smallest absolute Gasteiger partial charge is 0.216 e. The Morgan fingerprint density at radius 3 is 2.24 bits per heavy atom. The van der Waals surface area contributed by atoms with Crippen molar-refractivity contribution in [2.24, 2.45) is 0 Å². The summed E-state index contributed by atoms with van der Waals surface area (Å²) in [5.74, 6) is -0.138. The number of anilines is 1. The minimum Gasteiger partial charge on any atom is -0.477 e. The molecule has 0 aliphatic rings. The van der Waals surface area contributed by atoms with Crippen molar-refractivity contribution in [3.05, 3.63) is 70.9 Å². The van der Waals surface area contributed by atoms with Crippen LogP contribution in [-0.4, -0.2) is 10.5 Å². The average molecular weight is 408 g/mol. The molecule has 0 atom stereocenters. The molecule has 0 aliphatic heterocycles. The number of hydrogen-bond donors (Lipinski definition) is 1. The van der Waals surface area contributed by atoms with E-state index >= 15 is 0 Å². The van der Waals surface area contributed by atoms with E-state index in [0.29, 0.717) is 5.69 Å². The predicted molar refractivity (Wildman–Crippen MR) is 101 cm³/mol. The van der Waals surface area contributed by atoms with E-state index in [1.54, 1.807) is 4.57 Å². The quantitative estimate of drug-likeness (QED) is 0.590. The van der Waals surface area contributed by atoms with Gasteiger partial charge in [-0.15, -0.1) is 7.05 Å². The summed E-state index contributed by atoms with van der Waals surface area (Å²) in [5.41, 5.74) is 8.43. The van der Waals surface area contributed by atoms with Crippen molar-refractivity contribution < 1.29 is 37.5 Å². The van der Waals surface area contributed by atoms with Gasteiger partial charge in [-0.05, 0) is 57.9 Å². The third kappa shape index (κ3) is 3.40. The van der Waals surface area contributed by atoms with E-state index in [4.69, 9.17) is 0 Å². The van der Waals surface area contributed by atoms with Crippen LogP contribution in [-0.2, 0) is 32.7 Å². The van der Waals surface area contributed by atoms with Gasteiger partial charge in [0.1, 0.15) is 0 Å². The van der Waals surface area contributed by atoms with Crippen molar-refractivity contribution in [2.75, 3.05) is 5.32 Å². The van der Waals surface area contributed by atoms with E-state index < -0.39 is 0 Å². The standard InChI is InChI=1S/C21H23N2O.Y/c1-12-8-7-9-17(10-12)22-21(24)19-11-18-15(4)13(2)14(3)16(5)20(18)23(19)6;/h7-11H,6H2,1-5H3,(H,22,24);/q-1;. The van der Waals surface area contributed by atoms with Crippen molar-refractivity contribution in [2.45, 2.75) is 34.6 Å². The largest absolute Gasteiger partial charge is 0.477 e. The SMILES string of the molecule is [CH2-]n1c(C(=O)Nc2cccc(C)c2)cc2c(C)c(C)c(C)c(C)c21.[Y]. The second kappa shape index (κ2) is 7.35. The Balaban J connectivity index is 0.00000225. The maximum Gasteiger partial charge on any atom is 0.216 e. The number of fused-ring (bicyclic) bond motifs is 1. The zero-order chi connectivity index (χ0) is 17.6. The van der Waals surface area contributed by atoms with Gasteiger partial charge in [-0.3, -0.25) is 4.79 Å². The topological polar surface area (TPSA) is 34.0 Å². The molecule has 0 aliphatic carbocycles. The fourth-order valence-electron chi connectivity index (χ4n) is 3.29. The molecule has 0 spiro atoms. The van der Waals surface area contributed by atoms with E-state index in [9.17, 15) is 4.79 Å². The summed E-state index contributed by atoms with van der Waals surface area (Å²) in [6.07, 6.45) is 0. The maximum absolute atomic E-state index is 12.7. The van der Waals surface area contributed by atoms with Crippen LogP contribution in [0.5, 0.6) is 0 Å². The number of rotatable bonds is 2. The monoisotopic (exact) mass is 408 g/mol. The van der Waals surface area contributed by atoms with Crippen LogP contribution >= 0.6 is 0 Å². The van der Waals surface area contributed by atoms with Crippen molar-refractivity contribution in [3.63, 3.8) is 0 Å². The molecule has 25 heavy (non-hydrogen) atoms. The molecule has 0 fully saturated rings. The molecule has 0 saturated heterocycles. The summed E-state index contributed by atoms with van der Waals surface area (Å²) in [7, 11) is 4.12. The zero-order valence-corrected chi connectivity index (χ0v) is 18.4. The second-order valence-corrected chi connectivity index (χ2v) is 6.54. The number of aryl methyl sites for hydroxylation is 3. The summed E-state index contributed by atoms with van der Waals surface area (Å²) in [6.45, 7) is 10.5. The third-order valence-corrected chi connectivity index (χ3v) is 5.05. The average Bonchev–Trinajstić information content (AvgIpc) is 2.88. The molecule has 1 radical (unpaired) electrons. The van der Waals surface area contributed by atoms with Gasteiger partial charge in [0.05, 0.1) is 0 Å². The van der Waals surface area contributed by atoms with Crippen LogP contribution in [0.1, 0.15) is 38.3 Å². The minimum absolute atomic E-state index is 0. The van der Waals surface area contributed by atoms with Crippen molar-refractivity contribution in [1.82, 2.24) is 4.57 Å². The Morgan fingerprint density at radius 1 is 0.960 bits per heavy atom. The molecule has 2 aromatic carbocycles. The van der Waals surface area contributed by atoms with Gasteiger partial charge in [0.2, 0.25) is 5.91 Å². The number of benzene rings is 2. The first-order valence-corrected chi connectivity index (χ1v) is 8.12. The molecular weight excluding hydrogens is 385 g/mol. The van der Waals surface area contributed by atoms with Gasteiger partial charge in [0.25, 0.3) is 0 Å². The van der Waals surface area contributed by atoms with E-state index in [1.165, 1.54) is 22.3 Å². The first-order chi connectivity index (χ1) is 11.3. The molecule has 0 saturated carbocycles. The number of nitrogens with one attached hydrogen (secondary N) is 1. The maximum atomic E-state index is 12.7. The van der Waals surface area contributed by atoms with Crippen LogP contribution < -0.4 is 5.32 Å². The normalized spacial score (nSPS) is 10.6. The molecule has 3 nitrogen and oxygen atoms in total. The molecule has 1 heterocycles. The summed E-state index contributed by atoms with van der Waals surface area (Å²) in [4.78, 5) is 12.7. The van der Waals surface area contributed by atoms with Crippen LogP contribution in [0.2, 0.25) is 0 Å². The number of carbonyl (C=O) groups is 1. The third-order valence-electron chi connectivity index (χ3n) is 5.05. The van der Waals surface area contributed by atoms with Crippen molar-refractivity contribution in [1.29, 1.82) is 0 Å². The Kier molecular flexibility index (Phi) is 5.80. The Labute approximate surface area is 174 Å². The predicted octanol–water partition coefficient (Wildman–Crippen LogP) is 5.07. The number of carbonyl (C=O) groups excluding carboxylic acids is 1. The molecule has 3 aromatic rings. The molecule has 1 aromatic heterocycles. The zero-order valence-electron chi connectivity index (χ0n) is 15.5. The van der Waals surface area contributed by atoms with Crippen LogP contribution in [0.15, 0.2) is 30.3 Å². The first kappa shape index (κ1) is 19.7. The van der Waals surface area contributed by atoms with Gasteiger partial charge in [0, 0.05) is 44.1 Å². The van der Waals surface area contributed by atoms with Crippen LogP contribution in [0.25, 0.3) is 10.9 Å². The summed E-state index contributed by atoms with van der Waals surface area (Å²) in [6, 6.07) is 9.74. The van der Waals surface area contributed by atoms with Crippen molar-refractivity contribution in [3.8, 4) is 0 Å². The van der Waals surface area contributed by atoms with Crippen molar-refractivity contribution >= 4 is 22.5 Å². The Bertz CT molecular complexity index is 970. The van der Waals surface area contributed by atoms with Gasteiger partial charge >= 0.3 is 0 Å². The molecular formula is C21H23N2OY-. The molecule has 4 heteroatoms. The van der Waals surface area contributed by atoms with E-state index in [0.717, 1.165) is 22.2 Å². The van der Waals surface area contributed by atoms with Gasteiger partial charge in [-0.25, -0.2) is 0 Å². The van der Waals surface area contributed by atoms with Crippen LogP contribution in [0.4, 0.5) is 5.69 Å². The van der Waals surface area contributed by atoms with Crippen LogP contribution in [0, 0.1) is 41.7 Å². The summed E-state index contributed by atoms with van der Waals surface area (Å²) in [5, 5.41) is 4.07. The Morgan fingerprint density at radius 2 is 1.60 bits per heavy atom.